The van der Waals surface area contributed by atoms with E-state index in [1.165, 1.54) is 38.5 Å². The summed E-state index contributed by atoms with van der Waals surface area (Å²) in [6.45, 7) is 7.88. The van der Waals surface area contributed by atoms with Crippen molar-refractivity contribution >= 4 is 5.91 Å². The topological polar surface area (TPSA) is 44.8 Å². The summed E-state index contributed by atoms with van der Waals surface area (Å²) >= 11 is 0. The Labute approximate surface area is 146 Å². The lowest BCUT2D eigenvalue weighted by molar-refractivity contribution is -0.123. The summed E-state index contributed by atoms with van der Waals surface area (Å²) < 4.78 is 5.65. The Morgan fingerprint density at radius 2 is 1.75 bits per heavy atom. The molecule has 1 atom stereocenters. The third-order valence-corrected chi connectivity index (χ3v) is 6.30. The zero-order valence-electron chi connectivity index (χ0n) is 15.1. The highest BCUT2D eigenvalue weighted by molar-refractivity contribution is 5.78. The van der Waals surface area contributed by atoms with E-state index in [0.29, 0.717) is 24.7 Å². The van der Waals surface area contributed by atoms with Crippen molar-refractivity contribution in [2.45, 2.75) is 63.6 Å². The molecule has 2 saturated carbocycles. The number of likely N-dealkylation sites (tertiary alicyclic amines) is 1. The van der Waals surface area contributed by atoms with Gasteiger partial charge in [-0.25, -0.2) is 0 Å². The van der Waals surface area contributed by atoms with E-state index in [9.17, 15) is 4.79 Å². The van der Waals surface area contributed by atoms with Crippen LogP contribution in [0.4, 0.5) is 0 Å². The van der Waals surface area contributed by atoms with Gasteiger partial charge in [-0.05, 0) is 57.3 Å². The third kappa shape index (κ3) is 4.30. The van der Waals surface area contributed by atoms with Gasteiger partial charge in [0.2, 0.25) is 5.91 Å². The molecule has 1 amide bonds. The number of rotatable bonds is 6. The highest BCUT2D eigenvalue weighted by Crippen LogP contribution is 2.44. The highest BCUT2D eigenvalue weighted by atomic mass is 16.5. The van der Waals surface area contributed by atoms with Crippen LogP contribution in [0.1, 0.15) is 45.4 Å². The number of piperidine rings is 1. The van der Waals surface area contributed by atoms with Gasteiger partial charge in [0, 0.05) is 38.3 Å². The van der Waals surface area contributed by atoms with Gasteiger partial charge in [0.25, 0.3) is 0 Å². The minimum Gasteiger partial charge on any atom is -0.376 e. The largest absolute Gasteiger partial charge is 0.376 e. The van der Waals surface area contributed by atoms with Gasteiger partial charge in [0.15, 0.2) is 0 Å². The molecule has 0 aromatic carbocycles. The van der Waals surface area contributed by atoms with E-state index < -0.39 is 0 Å². The second-order valence-electron chi connectivity index (χ2n) is 8.45. The van der Waals surface area contributed by atoms with Crippen molar-refractivity contribution in [1.29, 1.82) is 0 Å². The van der Waals surface area contributed by atoms with Gasteiger partial charge in [0.05, 0.1) is 19.3 Å². The summed E-state index contributed by atoms with van der Waals surface area (Å²) in [5.41, 5.74) is 0. The molecule has 0 aromatic heterocycles. The second-order valence-corrected chi connectivity index (χ2v) is 8.45. The van der Waals surface area contributed by atoms with Crippen LogP contribution in [0.25, 0.3) is 0 Å². The Morgan fingerprint density at radius 1 is 1.08 bits per heavy atom. The number of carbonyl (C=O) groups is 1. The quantitative estimate of drug-likeness (QED) is 0.798. The number of nitrogens with zero attached hydrogens (tertiary/aromatic N) is 2. The summed E-state index contributed by atoms with van der Waals surface area (Å²) in [5.74, 6) is 1.84. The van der Waals surface area contributed by atoms with Crippen LogP contribution >= 0.6 is 0 Å². The molecule has 0 bridgehead atoms. The average Bonchev–Trinajstić information content (AvgIpc) is 3.47. The summed E-state index contributed by atoms with van der Waals surface area (Å²) in [5, 5.41) is 3.36. The van der Waals surface area contributed by atoms with Crippen molar-refractivity contribution in [2.24, 2.45) is 11.8 Å². The molecule has 136 valence electrons. The Balaban J connectivity index is 1.19. The van der Waals surface area contributed by atoms with Gasteiger partial charge >= 0.3 is 0 Å². The number of ether oxygens (including phenoxy) is 1. The van der Waals surface area contributed by atoms with Crippen LogP contribution < -0.4 is 5.32 Å². The molecule has 2 aliphatic heterocycles. The van der Waals surface area contributed by atoms with Crippen molar-refractivity contribution in [3.05, 3.63) is 0 Å². The molecule has 4 rings (SSSR count). The number of amides is 1. The molecule has 4 fully saturated rings. The van der Waals surface area contributed by atoms with Gasteiger partial charge in [-0.2, -0.15) is 0 Å². The molecule has 5 heteroatoms. The summed E-state index contributed by atoms with van der Waals surface area (Å²) in [7, 11) is 0. The SMILES string of the molecule is C[C@@H]1CN(C2CCN(CC(=O)NC(C3CC3)C3CC3)CC2)CCO1. The molecule has 1 N–H and O–H groups in total. The predicted molar refractivity (Wildman–Crippen MR) is 93.8 cm³/mol. The zero-order valence-corrected chi connectivity index (χ0v) is 15.1. The minimum atomic E-state index is 0.261. The maximum absolute atomic E-state index is 12.4. The predicted octanol–water partition coefficient (Wildman–Crippen LogP) is 1.48. The Hall–Kier alpha value is -0.650. The normalized spacial score (nSPS) is 30.7. The monoisotopic (exact) mass is 335 g/mol. The summed E-state index contributed by atoms with van der Waals surface area (Å²) in [6.07, 6.45) is 8.04. The first-order valence-corrected chi connectivity index (χ1v) is 10.1. The van der Waals surface area contributed by atoms with E-state index in [-0.39, 0.29) is 5.91 Å². The Morgan fingerprint density at radius 3 is 2.33 bits per heavy atom. The van der Waals surface area contributed by atoms with Gasteiger partial charge in [-0.3, -0.25) is 14.6 Å². The molecular formula is C19H33N3O2. The molecular weight excluding hydrogens is 302 g/mol. The average molecular weight is 335 g/mol. The summed E-state index contributed by atoms with van der Waals surface area (Å²) in [6, 6.07) is 1.17. The first-order chi connectivity index (χ1) is 11.7. The molecule has 24 heavy (non-hydrogen) atoms. The van der Waals surface area contributed by atoms with Crippen molar-refractivity contribution in [3.8, 4) is 0 Å². The van der Waals surface area contributed by atoms with Crippen LogP contribution in [0.3, 0.4) is 0 Å². The van der Waals surface area contributed by atoms with E-state index in [1.54, 1.807) is 0 Å². The van der Waals surface area contributed by atoms with E-state index in [2.05, 4.69) is 22.0 Å². The number of nitrogens with one attached hydrogen (secondary N) is 1. The van der Waals surface area contributed by atoms with Gasteiger partial charge < -0.3 is 10.1 Å². The number of hydrogen-bond donors (Lipinski definition) is 1. The lowest BCUT2D eigenvalue weighted by Gasteiger charge is -2.41. The van der Waals surface area contributed by atoms with Gasteiger partial charge in [0.1, 0.15) is 0 Å². The molecule has 5 nitrogen and oxygen atoms in total. The summed E-state index contributed by atoms with van der Waals surface area (Å²) in [4.78, 5) is 17.4. The van der Waals surface area contributed by atoms with Gasteiger partial charge in [-0.1, -0.05) is 0 Å². The van der Waals surface area contributed by atoms with Gasteiger partial charge in [-0.15, -0.1) is 0 Å². The molecule has 0 spiro atoms. The van der Waals surface area contributed by atoms with E-state index in [1.807, 2.05) is 0 Å². The van der Waals surface area contributed by atoms with Crippen molar-refractivity contribution in [3.63, 3.8) is 0 Å². The standard InChI is InChI=1S/C19H33N3O2/c1-14-12-22(10-11-24-14)17-6-8-21(9-7-17)13-18(23)20-19(15-2-3-15)16-4-5-16/h14-17,19H,2-13H2,1H3,(H,20,23)/t14-/m1/s1. The Bertz CT molecular complexity index is 430. The van der Waals surface area contributed by atoms with E-state index >= 15 is 0 Å². The lowest BCUT2D eigenvalue weighted by atomic mass is 10.0. The minimum absolute atomic E-state index is 0.261. The Kier molecular flexibility index (Phi) is 5.11. The zero-order chi connectivity index (χ0) is 16.5. The smallest absolute Gasteiger partial charge is 0.234 e. The van der Waals surface area contributed by atoms with Crippen LogP contribution in [0, 0.1) is 11.8 Å². The van der Waals surface area contributed by atoms with Crippen molar-refractivity contribution < 1.29 is 9.53 Å². The number of morpholine rings is 1. The van der Waals surface area contributed by atoms with Crippen LogP contribution in [-0.4, -0.2) is 73.2 Å². The fourth-order valence-electron chi connectivity index (χ4n) is 4.59. The van der Waals surface area contributed by atoms with Crippen LogP contribution in [0.15, 0.2) is 0 Å². The maximum atomic E-state index is 12.4. The van der Waals surface area contributed by atoms with Crippen LogP contribution in [0.2, 0.25) is 0 Å². The fraction of sp³-hybridized carbons (Fsp3) is 0.947. The van der Waals surface area contributed by atoms with Crippen molar-refractivity contribution in [1.82, 2.24) is 15.1 Å². The molecule has 0 aromatic rings. The van der Waals surface area contributed by atoms with E-state index in [4.69, 9.17) is 4.74 Å². The third-order valence-electron chi connectivity index (χ3n) is 6.30. The highest BCUT2D eigenvalue weighted by Gasteiger charge is 2.42. The number of carbonyl (C=O) groups excluding carboxylic acids is 1. The molecule has 0 unspecified atom stereocenters. The van der Waals surface area contributed by atoms with Crippen molar-refractivity contribution in [2.75, 3.05) is 39.3 Å². The molecule has 0 radical (unpaired) electrons. The molecule has 2 aliphatic carbocycles. The molecule has 2 heterocycles. The first-order valence-electron chi connectivity index (χ1n) is 10.1. The lowest BCUT2D eigenvalue weighted by Crippen LogP contribution is -2.52. The van der Waals surface area contributed by atoms with E-state index in [0.717, 1.165) is 44.6 Å². The van der Waals surface area contributed by atoms with Crippen LogP contribution in [-0.2, 0) is 9.53 Å². The first kappa shape index (κ1) is 16.8. The molecule has 4 aliphatic rings. The van der Waals surface area contributed by atoms with Crippen LogP contribution in [0.5, 0.6) is 0 Å². The molecule has 2 saturated heterocycles. The fourth-order valence-corrected chi connectivity index (χ4v) is 4.59. The second kappa shape index (κ2) is 7.30. The number of hydrogen-bond acceptors (Lipinski definition) is 4. The maximum Gasteiger partial charge on any atom is 0.234 e.